The highest BCUT2D eigenvalue weighted by atomic mass is 15.2. The lowest BCUT2D eigenvalue weighted by Crippen LogP contribution is -2.29. The van der Waals surface area contributed by atoms with Crippen LogP contribution in [-0.4, -0.2) is 25.3 Å². The third-order valence-electron chi connectivity index (χ3n) is 4.23. The predicted molar refractivity (Wildman–Crippen MR) is 90.5 cm³/mol. The molecule has 0 aliphatic heterocycles. The second-order valence-corrected chi connectivity index (χ2v) is 6.30. The first-order valence-corrected chi connectivity index (χ1v) is 7.79. The van der Waals surface area contributed by atoms with Gasteiger partial charge >= 0.3 is 0 Å². The molecule has 0 saturated carbocycles. The summed E-state index contributed by atoms with van der Waals surface area (Å²) < 4.78 is 4.08. The second-order valence-electron chi connectivity index (χ2n) is 6.30. The van der Waals surface area contributed by atoms with Gasteiger partial charge in [0.1, 0.15) is 0 Å². The van der Waals surface area contributed by atoms with Crippen LogP contribution in [0.2, 0.25) is 0 Å². The van der Waals surface area contributed by atoms with Gasteiger partial charge in [-0.15, -0.1) is 0 Å². The van der Waals surface area contributed by atoms with Crippen LogP contribution in [0.5, 0.6) is 0 Å². The van der Waals surface area contributed by atoms with Crippen LogP contribution >= 0.6 is 0 Å². The summed E-state index contributed by atoms with van der Waals surface area (Å²) in [5.41, 5.74) is 3.94. The lowest BCUT2D eigenvalue weighted by molar-refractivity contribution is 0.204. The largest absolute Gasteiger partial charge is 0.350 e. The summed E-state index contributed by atoms with van der Waals surface area (Å²) in [6.45, 7) is 6.38. The first-order valence-electron chi connectivity index (χ1n) is 7.79. The van der Waals surface area contributed by atoms with Gasteiger partial charge in [-0.1, -0.05) is 18.2 Å². The van der Waals surface area contributed by atoms with Gasteiger partial charge in [0.25, 0.3) is 0 Å². The van der Waals surface area contributed by atoms with Gasteiger partial charge in [0.15, 0.2) is 0 Å². The van der Waals surface area contributed by atoms with E-state index < -0.39 is 0 Å². The lowest BCUT2D eigenvalue weighted by atomic mass is 10.1. The summed E-state index contributed by atoms with van der Waals surface area (Å²) >= 11 is 0. The molecule has 3 aromatic rings. The van der Waals surface area contributed by atoms with E-state index in [1.165, 1.54) is 22.0 Å². The standard InChI is InChI=1S/C18H24N4/c1-14(2)22(11-15-9-19-21(4)10-15)13-16-12-20(3)18-8-6-5-7-17(16)18/h5-10,12,14H,11,13H2,1-4H3. The highest BCUT2D eigenvalue weighted by Gasteiger charge is 2.15. The van der Waals surface area contributed by atoms with E-state index in [-0.39, 0.29) is 0 Å². The van der Waals surface area contributed by atoms with Gasteiger partial charge < -0.3 is 4.57 Å². The molecule has 0 aliphatic rings. The molecule has 0 radical (unpaired) electrons. The van der Waals surface area contributed by atoms with E-state index in [1.807, 2.05) is 17.9 Å². The van der Waals surface area contributed by atoms with Crippen molar-refractivity contribution < 1.29 is 0 Å². The highest BCUT2D eigenvalue weighted by Crippen LogP contribution is 2.23. The number of aryl methyl sites for hydroxylation is 2. The van der Waals surface area contributed by atoms with Crippen molar-refractivity contribution in [2.24, 2.45) is 14.1 Å². The quantitative estimate of drug-likeness (QED) is 0.722. The normalized spacial score (nSPS) is 11.9. The monoisotopic (exact) mass is 296 g/mol. The van der Waals surface area contributed by atoms with Crippen molar-refractivity contribution in [2.75, 3.05) is 0 Å². The molecule has 0 bridgehead atoms. The van der Waals surface area contributed by atoms with Crippen LogP contribution in [0.1, 0.15) is 25.0 Å². The molecule has 1 aromatic carbocycles. The van der Waals surface area contributed by atoms with E-state index in [4.69, 9.17) is 0 Å². The number of hydrogen-bond acceptors (Lipinski definition) is 2. The van der Waals surface area contributed by atoms with E-state index in [2.05, 4.69) is 72.1 Å². The predicted octanol–water partition coefficient (Wildman–Crippen LogP) is 3.32. The summed E-state index contributed by atoms with van der Waals surface area (Å²) in [7, 11) is 4.08. The molecule has 0 aliphatic carbocycles. The minimum absolute atomic E-state index is 0.485. The molecular weight excluding hydrogens is 272 g/mol. The third-order valence-corrected chi connectivity index (χ3v) is 4.23. The van der Waals surface area contributed by atoms with Crippen molar-refractivity contribution in [2.45, 2.75) is 33.0 Å². The summed E-state index contributed by atoms with van der Waals surface area (Å²) in [6.07, 6.45) is 6.31. The number of hydrogen-bond donors (Lipinski definition) is 0. The van der Waals surface area contributed by atoms with Crippen LogP contribution in [0.3, 0.4) is 0 Å². The summed E-state index contributed by atoms with van der Waals surface area (Å²) in [5, 5.41) is 5.62. The van der Waals surface area contributed by atoms with E-state index in [1.54, 1.807) is 0 Å². The highest BCUT2D eigenvalue weighted by molar-refractivity contribution is 5.83. The first-order chi connectivity index (χ1) is 10.5. The lowest BCUT2D eigenvalue weighted by Gasteiger charge is -2.25. The number of para-hydroxylation sites is 1. The fourth-order valence-electron chi connectivity index (χ4n) is 2.98. The van der Waals surface area contributed by atoms with Gasteiger partial charge in [0.05, 0.1) is 6.20 Å². The Balaban J connectivity index is 1.86. The maximum atomic E-state index is 4.28. The number of nitrogens with zero attached hydrogens (tertiary/aromatic N) is 4. The Morgan fingerprint density at radius 2 is 1.86 bits per heavy atom. The molecule has 3 rings (SSSR count). The summed E-state index contributed by atoms with van der Waals surface area (Å²) in [5.74, 6) is 0. The first kappa shape index (κ1) is 14.9. The fourth-order valence-corrected chi connectivity index (χ4v) is 2.98. The molecule has 0 unspecified atom stereocenters. The molecular formula is C18H24N4. The van der Waals surface area contributed by atoms with Crippen LogP contribution in [0.15, 0.2) is 42.9 Å². The molecule has 2 heterocycles. The maximum Gasteiger partial charge on any atom is 0.0534 e. The van der Waals surface area contributed by atoms with E-state index >= 15 is 0 Å². The smallest absolute Gasteiger partial charge is 0.0534 e. The molecule has 0 saturated heterocycles. The Morgan fingerprint density at radius 3 is 2.55 bits per heavy atom. The van der Waals surface area contributed by atoms with Gasteiger partial charge in [-0.2, -0.15) is 5.10 Å². The Kier molecular flexibility index (Phi) is 4.03. The van der Waals surface area contributed by atoms with E-state index in [0.29, 0.717) is 6.04 Å². The van der Waals surface area contributed by atoms with Crippen molar-refractivity contribution in [1.29, 1.82) is 0 Å². The van der Waals surface area contributed by atoms with Crippen LogP contribution in [-0.2, 0) is 27.2 Å². The van der Waals surface area contributed by atoms with Crippen molar-refractivity contribution >= 4 is 10.9 Å². The zero-order chi connectivity index (χ0) is 15.7. The van der Waals surface area contributed by atoms with Gasteiger partial charge in [0.2, 0.25) is 0 Å². The van der Waals surface area contributed by atoms with Crippen molar-refractivity contribution in [1.82, 2.24) is 19.2 Å². The molecule has 22 heavy (non-hydrogen) atoms. The molecule has 0 spiro atoms. The van der Waals surface area contributed by atoms with Gasteiger partial charge in [-0.3, -0.25) is 9.58 Å². The van der Waals surface area contributed by atoms with Crippen molar-refractivity contribution in [3.63, 3.8) is 0 Å². The fraction of sp³-hybridized carbons (Fsp3) is 0.389. The molecule has 2 aromatic heterocycles. The zero-order valence-electron chi connectivity index (χ0n) is 13.8. The van der Waals surface area contributed by atoms with E-state index in [0.717, 1.165) is 13.1 Å². The zero-order valence-corrected chi connectivity index (χ0v) is 13.8. The minimum Gasteiger partial charge on any atom is -0.350 e. The van der Waals surface area contributed by atoms with Gasteiger partial charge in [-0.05, 0) is 25.5 Å². The molecule has 0 fully saturated rings. The van der Waals surface area contributed by atoms with Crippen LogP contribution in [0.25, 0.3) is 10.9 Å². The minimum atomic E-state index is 0.485. The average Bonchev–Trinajstić information content (AvgIpc) is 3.03. The molecule has 116 valence electrons. The van der Waals surface area contributed by atoms with Crippen LogP contribution in [0, 0.1) is 0 Å². The van der Waals surface area contributed by atoms with Gasteiger partial charge in [0, 0.05) is 62.1 Å². The number of aromatic nitrogens is 3. The SMILES string of the molecule is CC(C)N(Cc1cnn(C)c1)Cc1cn(C)c2ccccc12. The van der Waals surface area contributed by atoms with Crippen molar-refractivity contribution in [3.05, 3.63) is 54.0 Å². The average molecular weight is 296 g/mol. The molecule has 4 nitrogen and oxygen atoms in total. The molecule has 0 N–H and O–H groups in total. The number of rotatable bonds is 5. The second kappa shape index (κ2) is 5.97. The Hall–Kier alpha value is -2.07. The van der Waals surface area contributed by atoms with Crippen molar-refractivity contribution in [3.8, 4) is 0 Å². The maximum absolute atomic E-state index is 4.28. The topological polar surface area (TPSA) is 26.0 Å². The Bertz CT molecular complexity index is 766. The molecule has 4 heteroatoms. The molecule has 0 atom stereocenters. The number of benzene rings is 1. The number of fused-ring (bicyclic) bond motifs is 1. The third kappa shape index (κ3) is 2.92. The Labute approximate surface area is 132 Å². The molecule has 0 amide bonds. The van der Waals surface area contributed by atoms with Gasteiger partial charge in [-0.25, -0.2) is 0 Å². The Morgan fingerprint density at radius 1 is 1.09 bits per heavy atom. The van der Waals surface area contributed by atoms with Crippen LogP contribution < -0.4 is 0 Å². The summed E-state index contributed by atoms with van der Waals surface area (Å²) in [4.78, 5) is 2.48. The van der Waals surface area contributed by atoms with Crippen LogP contribution in [0.4, 0.5) is 0 Å². The summed E-state index contributed by atoms with van der Waals surface area (Å²) in [6, 6.07) is 9.10. The van der Waals surface area contributed by atoms with E-state index in [9.17, 15) is 0 Å².